The molecule has 0 spiro atoms. The molecule has 0 saturated carbocycles. The largest absolute Gasteiger partial charge is 0.416 e. The second-order valence-electron chi connectivity index (χ2n) is 5.44. The van der Waals surface area contributed by atoms with E-state index in [0.29, 0.717) is 12.1 Å². The molecule has 0 aliphatic rings. The molecule has 0 aliphatic carbocycles. The summed E-state index contributed by atoms with van der Waals surface area (Å²) in [4.78, 5) is 12.0. The predicted octanol–water partition coefficient (Wildman–Crippen LogP) is 3.56. The van der Waals surface area contributed by atoms with Gasteiger partial charge in [0.2, 0.25) is 0 Å². The third-order valence-electron chi connectivity index (χ3n) is 3.54. The quantitative estimate of drug-likeness (QED) is 0.884. The van der Waals surface area contributed by atoms with Crippen LogP contribution in [0.2, 0.25) is 0 Å². The van der Waals surface area contributed by atoms with Crippen molar-refractivity contribution in [3.05, 3.63) is 70.8 Å². The van der Waals surface area contributed by atoms with E-state index < -0.39 is 11.7 Å². The van der Waals surface area contributed by atoms with Crippen LogP contribution in [0.1, 0.15) is 22.3 Å². The summed E-state index contributed by atoms with van der Waals surface area (Å²) >= 11 is 0. The van der Waals surface area contributed by atoms with Gasteiger partial charge in [-0.2, -0.15) is 13.2 Å². The lowest BCUT2D eigenvalue weighted by Crippen LogP contribution is -2.08. The van der Waals surface area contributed by atoms with Crippen molar-refractivity contribution in [3.63, 3.8) is 0 Å². The molecule has 23 heavy (non-hydrogen) atoms. The Morgan fingerprint density at radius 2 is 1.26 bits per heavy atom. The maximum absolute atomic E-state index is 12.5. The van der Waals surface area contributed by atoms with E-state index >= 15 is 0 Å². The molecule has 0 atom stereocenters. The van der Waals surface area contributed by atoms with E-state index in [2.05, 4.69) is 0 Å². The number of Topliss-reactive ketones (excluding diaryl/α,β-unsaturated/α-hetero) is 1. The lowest BCUT2D eigenvalue weighted by atomic mass is 10.0. The molecule has 0 saturated heterocycles. The molecular formula is C18H18F3NO. The first-order chi connectivity index (χ1) is 10.9. The number of alkyl halides is 3. The minimum Gasteiger partial charge on any atom is -0.330 e. The Bertz CT molecular complexity index is 645. The van der Waals surface area contributed by atoms with Gasteiger partial charge in [-0.25, -0.2) is 0 Å². The fraction of sp³-hybridized carbons (Fsp3) is 0.278. The first kappa shape index (κ1) is 17.2. The van der Waals surface area contributed by atoms with E-state index in [1.54, 1.807) is 0 Å². The lowest BCUT2D eigenvalue weighted by Gasteiger charge is -2.07. The molecule has 0 aliphatic heterocycles. The maximum Gasteiger partial charge on any atom is 0.416 e. The van der Waals surface area contributed by atoms with E-state index in [0.717, 1.165) is 29.7 Å². The van der Waals surface area contributed by atoms with Crippen molar-refractivity contribution in [2.45, 2.75) is 25.4 Å². The van der Waals surface area contributed by atoms with Gasteiger partial charge < -0.3 is 5.73 Å². The van der Waals surface area contributed by atoms with Gasteiger partial charge in [0.25, 0.3) is 0 Å². The number of hydrogen-bond acceptors (Lipinski definition) is 2. The summed E-state index contributed by atoms with van der Waals surface area (Å²) in [5.74, 6) is -0.0312. The van der Waals surface area contributed by atoms with Crippen molar-refractivity contribution in [1.82, 2.24) is 0 Å². The third kappa shape index (κ3) is 5.21. The Labute approximate surface area is 133 Å². The Morgan fingerprint density at radius 1 is 0.826 bits per heavy atom. The molecule has 0 amide bonds. The van der Waals surface area contributed by atoms with Crippen molar-refractivity contribution in [3.8, 4) is 0 Å². The van der Waals surface area contributed by atoms with Crippen LogP contribution in [0.25, 0.3) is 0 Å². The first-order valence-electron chi connectivity index (χ1n) is 7.34. The van der Waals surface area contributed by atoms with Crippen molar-refractivity contribution in [2.75, 3.05) is 6.54 Å². The smallest absolute Gasteiger partial charge is 0.330 e. The normalized spacial score (nSPS) is 11.5. The predicted molar refractivity (Wildman–Crippen MR) is 83.1 cm³/mol. The number of nitrogens with two attached hydrogens (primary N) is 1. The van der Waals surface area contributed by atoms with Crippen LogP contribution in [-0.2, 0) is 30.2 Å². The minimum atomic E-state index is -4.35. The second-order valence-corrected chi connectivity index (χ2v) is 5.44. The van der Waals surface area contributed by atoms with Gasteiger partial charge in [0.1, 0.15) is 5.78 Å². The van der Waals surface area contributed by atoms with Crippen LogP contribution in [0.3, 0.4) is 0 Å². The van der Waals surface area contributed by atoms with E-state index in [1.165, 1.54) is 12.1 Å². The Hall–Kier alpha value is -2.14. The standard InChI is InChI=1S/C18H18F3NO/c19-18(20,21)16-7-5-15(6-8-16)12-17(23)11-14-3-1-13(2-4-14)9-10-22/h1-8H,9-12,22H2. The monoisotopic (exact) mass is 321 g/mol. The Morgan fingerprint density at radius 3 is 1.70 bits per heavy atom. The Balaban J connectivity index is 1.94. The molecule has 2 rings (SSSR count). The van der Waals surface area contributed by atoms with Crippen LogP contribution >= 0.6 is 0 Å². The summed E-state index contributed by atoms with van der Waals surface area (Å²) in [7, 11) is 0. The van der Waals surface area contributed by atoms with Gasteiger partial charge in [-0.3, -0.25) is 4.79 Å². The summed E-state index contributed by atoms with van der Waals surface area (Å²) in [6, 6.07) is 12.4. The topological polar surface area (TPSA) is 43.1 Å². The summed E-state index contributed by atoms with van der Waals surface area (Å²) < 4.78 is 37.4. The molecular weight excluding hydrogens is 303 g/mol. The van der Waals surface area contributed by atoms with Crippen molar-refractivity contribution >= 4 is 5.78 Å². The molecule has 0 heterocycles. The van der Waals surface area contributed by atoms with Crippen LogP contribution in [0.4, 0.5) is 13.2 Å². The van der Waals surface area contributed by atoms with Crippen LogP contribution in [0.5, 0.6) is 0 Å². The number of halogens is 3. The lowest BCUT2D eigenvalue weighted by molar-refractivity contribution is -0.137. The maximum atomic E-state index is 12.5. The van der Waals surface area contributed by atoms with Gasteiger partial charge in [-0.05, 0) is 41.8 Å². The zero-order valence-corrected chi connectivity index (χ0v) is 12.6. The summed E-state index contributed by atoms with van der Waals surface area (Å²) in [6.45, 7) is 0.576. The second kappa shape index (κ2) is 7.42. The number of hydrogen-bond donors (Lipinski definition) is 1. The highest BCUT2D eigenvalue weighted by Gasteiger charge is 2.29. The van der Waals surface area contributed by atoms with E-state index in [4.69, 9.17) is 5.73 Å². The molecule has 2 nitrogen and oxygen atoms in total. The average Bonchev–Trinajstić information content (AvgIpc) is 2.49. The van der Waals surface area contributed by atoms with E-state index in [-0.39, 0.29) is 18.6 Å². The van der Waals surface area contributed by atoms with E-state index in [1.807, 2.05) is 24.3 Å². The molecule has 2 N–H and O–H groups in total. The van der Waals surface area contributed by atoms with Crippen LogP contribution in [0, 0.1) is 0 Å². The zero-order chi connectivity index (χ0) is 16.9. The van der Waals surface area contributed by atoms with Crippen LogP contribution in [0.15, 0.2) is 48.5 Å². The molecule has 0 unspecified atom stereocenters. The molecule has 0 radical (unpaired) electrons. The number of benzene rings is 2. The first-order valence-corrected chi connectivity index (χ1v) is 7.34. The van der Waals surface area contributed by atoms with Gasteiger partial charge in [0.05, 0.1) is 5.56 Å². The summed E-state index contributed by atoms with van der Waals surface area (Å²) in [5.41, 5.74) is 7.37. The fourth-order valence-electron chi connectivity index (χ4n) is 2.32. The molecule has 122 valence electrons. The summed E-state index contributed by atoms with van der Waals surface area (Å²) in [6.07, 6.45) is -3.17. The van der Waals surface area contributed by atoms with Gasteiger partial charge >= 0.3 is 6.18 Å². The van der Waals surface area contributed by atoms with Gasteiger partial charge in [0, 0.05) is 12.8 Å². The highest BCUT2D eigenvalue weighted by atomic mass is 19.4. The molecule has 0 bridgehead atoms. The van der Waals surface area contributed by atoms with Gasteiger partial charge in [-0.15, -0.1) is 0 Å². The van der Waals surface area contributed by atoms with Crippen molar-refractivity contribution in [1.29, 1.82) is 0 Å². The number of ketones is 1. The number of carbonyl (C=O) groups is 1. The van der Waals surface area contributed by atoms with Gasteiger partial charge in [0.15, 0.2) is 0 Å². The molecule has 2 aromatic carbocycles. The van der Waals surface area contributed by atoms with Crippen molar-refractivity contribution in [2.24, 2.45) is 5.73 Å². The molecule has 0 aromatic heterocycles. The highest BCUT2D eigenvalue weighted by Crippen LogP contribution is 2.29. The SMILES string of the molecule is NCCc1ccc(CC(=O)Cc2ccc(C(F)(F)F)cc2)cc1. The van der Waals surface area contributed by atoms with E-state index in [9.17, 15) is 18.0 Å². The molecule has 2 aromatic rings. The van der Waals surface area contributed by atoms with Crippen molar-refractivity contribution < 1.29 is 18.0 Å². The fourth-order valence-corrected chi connectivity index (χ4v) is 2.32. The molecule has 5 heteroatoms. The Kier molecular flexibility index (Phi) is 5.55. The summed E-state index contributed by atoms with van der Waals surface area (Å²) in [5, 5.41) is 0. The van der Waals surface area contributed by atoms with Crippen LogP contribution in [-0.4, -0.2) is 12.3 Å². The highest BCUT2D eigenvalue weighted by molar-refractivity contribution is 5.83. The number of rotatable bonds is 6. The minimum absolute atomic E-state index is 0.0312. The third-order valence-corrected chi connectivity index (χ3v) is 3.54. The zero-order valence-electron chi connectivity index (χ0n) is 12.6. The number of carbonyl (C=O) groups excluding carboxylic acids is 1. The average molecular weight is 321 g/mol. The van der Waals surface area contributed by atoms with Crippen LogP contribution < -0.4 is 5.73 Å². The van der Waals surface area contributed by atoms with Gasteiger partial charge in [-0.1, -0.05) is 36.4 Å². The molecule has 0 fully saturated rings.